The number of aryl methyl sites for hydroxylation is 1. The number of anilines is 1. The zero-order valence-corrected chi connectivity index (χ0v) is 19.5. The quantitative estimate of drug-likeness (QED) is 0.520. The van der Waals surface area contributed by atoms with Gasteiger partial charge in [-0.05, 0) is 74.8 Å². The average molecular weight is 464 g/mol. The Labute approximate surface area is 195 Å². The second kappa shape index (κ2) is 10.2. The monoisotopic (exact) mass is 463 g/mol. The van der Waals surface area contributed by atoms with E-state index in [1.165, 1.54) is 30.5 Å². The van der Waals surface area contributed by atoms with Gasteiger partial charge in [0.15, 0.2) is 0 Å². The first-order valence-electron chi connectivity index (χ1n) is 11.2. The molecule has 0 aromatic heterocycles. The van der Waals surface area contributed by atoms with E-state index in [4.69, 9.17) is 0 Å². The molecule has 33 heavy (non-hydrogen) atoms. The van der Waals surface area contributed by atoms with E-state index in [9.17, 15) is 13.2 Å². The Bertz CT molecular complexity index is 1170. The topological polar surface area (TPSA) is 78.5 Å². The highest BCUT2D eigenvalue weighted by Gasteiger charge is 2.24. The van der Waals surface area contributed by atoms with Crippen molar-refractivity contribution in [1.29, 1.82) is 0 Å². The highest BCUT2D eigenvalue weighted by Crippen LogP contribution is 2.24. The van der Waals surface area contributed by atoms with Crippen LogP contribution in [-0.2, 0) is 10.0 Å². The molecule has 0 aliphatic carbocycles. The van der Waals surface area contributed by atoms with Crippen molar-refractivity contribution in [2.75, 3.05) is 24.4 Å². The predicted molar refractivity (Wildman–Crippen MR) is 131 cm³/mol. The van der Waals surface area contributed by atoms with E-state index in [0.717, 1.165) is 18.7 Å². The van der Waals surface area contributed by atoms with Gasteiger partial charge in [0, 0.05) is 17.8 Å². The molecule has 1 aliphatic heterocycles. The molecule has 2 N–H and O–H groups in total. The van der Waals surface area contributed by atoms with E-state index >= 15 is 0 Å². The van der Waals surface area contributed by atoms with Crippen molar-refractivity contribution in [2.24, 2.45) is 0 Å². The number of sulfonamides is 1. The van der Waals surface area contributed by atoms with Gasteiger partial charge in [-0.2, -0.15) is 0 Å². The number of nitrogens with one attached hydrogen (secondary N) is 2. The van der Waals surface area contributed by atoms with Crippen LogP contribution in [0.1, 0.15) is 40.4 Å². The molecule has 6 nitrogen and oxygen atoms in total. The lowest BCUT2D eigenvalue weighted by atomic mass is 10.1. The molecule has 1 atom stereocenters. The van der Waals surface area contributed by atoms with Crippen molar-refractivity contribution < 1.29 is 13.2 Å². The molecule has 3 aromatic carbocycles. The van der Waals surface area contributed by atoms with Crippen LogP contribution in [0.5, 0.6) is 0 Å². The summed E-state index contributed by atoms with van der Waals surface area (Å²) in [6.07, 6.45) is 2.34. The van der Waals surface area contributed by atoms with E-state index in [0.29, 0.717) is 17.8 Å². The number of amides is 1. The van der Waals surface area contributed by atoms with Crippen LogP contribution in [0.2, 0.25) is 0 Å². The smallest absolute Gasteiger partial charge is 0.261 e. The Morgan fingerprint density at radius 3 is 2.18 bits per heavy atom. The van der Waals surface area contributed by atoms with Crippen LogP contribution in [-0.4, -0.2) is 38.9 Å². The van der Waals surface area contributed by atoms with Crippen LogP contribution in [0.4, 0.5) is 5.69 Å². The van der Waals surface area contributed by atoms with Gasteiger partial charge in [0.05, 0.1) is 10.9 Å². The Kier molecular flexibility index (Phi) is 7.11. The Morgan fingerprint density at radius 2 is 1.55 bits per heavy atom. The maximum Gasteiger partial charge on any atom is 0.261 e. The second-order valence-electron chi connectivity index (χ2n) is 8.38. The molecule has 7 heteroatoms. The number of hydrogen-bond acceptors (Lipinski definition) is 4. The van der Waals surface area contributed by atoms with Crippen molar-refractivity contribution in [3.63, 3.8) is 0 Å². The Hall–Kier alpha value is -3.16. The largest absolute Gasteiger partial charge is 0.350 e. The molecule has 1 unspecified atom stereocenters. The van der Waals surface area contributed by atoms with Crippen LogP contribution < -0.4 is 10.0 Å². The fraction of sp³-hybridized carbons (Fsp3) is 0.269. The molecule has 1 amide bonds. The highest BCUT2D eigenvalue weighted by atomic mass is 32.2. The van der Waals surface area contributed by atoms with E-state index < -0.39 is 10.0 Å². The van der Waals surface area contributed by atoms with Gasteiger partial charge in [0.25, 0.3) is 15.9 Å². The van der Waals surface area contributed by atoms with Gasteiger partial charge in [-0.15, -0.1) is 0 Å². The third-order valence-corrected chi connectivity index (χ3v) is 7.35. The van der Waals surface area contributed by atoms with Gasteiger partial charge in [0.2, 0.25) is 0 Å². The minimum absolute atomic E-state index is 0.110. The average Bonchev–Trinajstić information content (AvgIpc) is 3.36. The van der Waals surface area contributed by atoms with Crippen molar-refractivity contribution in [3.05, 3.63) is 95.6 Å². The first-order valence-corrected chi connectivity index (χ1v) is 12.7. The molecule has 1 saturated heterocycles. The van der Waals surface area contributed by atoms with Gasteiger partial charge < -0.3 is 5.32 Å². The first-order chi connectivity index (χ1) is 15.9. The molecule has 1 fully saturated rings. The van der Waals surface area contributed by atoms with E-state index in [2.05, 4.69) is 27.1 Å². The first kappa shape index (κ1) is 23.0. The van der Waals surface area contributed by atoms with Gasteiger partial charge in [-0.25, -0.2) is 8.42 Å². The van der Waals surface area contributed by atoms with E-state index in [-0.39, 0.29) is 16.8 Å². The predicted octanol–water partition coefficient (Wildman–Crippen LogP) is 4.36. The third kappa shape index (κ3) is 5.80. The molecule has 4 rings (SSSR count). The molecular formula is C26H29N3O3S. The second-order valence-corrected chi connectivity index (χ2v) is 10.1. The summed E-state index contributed by atoms with van der Waals surface area (Å²) in [6, 6.07) is 23.5. The third-order valence-electron chi connectivity index (χ3n) is 5.95. The fourth-order valence-corrected chi connectivity index (χ4v) is 5.16. The van der Waals surface area contributed by atoms with Crippen LogP contribution in [0.25, 0.3) is 0 Å². The standard InChI is InChI=1S/C26H29N3O3S/c1-20-9-13-23(14-10-20)28-33(31,32)24-15-11-22(12-16-24)26(30)27-19-25(29-17-5-6-18-29)21-7-3-2-4-8-21/h2-4,7-16,25,28H,5-6,17-19H2,1H3,(H,27,30). The number of likely N-dealkylation sites (tertiary alicyclic amines) is 1. The van der Waals surface area contributed by atoms with Crippen LogP contribution in [0, 0.1) is 6.92 Å². The van der Waals surface area contributed by atoms with Crippen LogP contribution in [0.3, 0.4) is 0 Å². The number of carbonyl (C=O) groups is 1. The van der Waals surface area contributed by atoms with Crippen molar-refractivity contribution >= 4 is 21.6 Å². The van der Waals surface area contributed by atoms with E-state index in [1.54, 1.807) is 24.3 Å². The zero-order valence-electron chi connectivity index (χ0n) is 18.7. The summed E-state index contributed by atoms with van der Waals surface area (Å²) in [4.78, 5) is 15.3. The lowest BCUT2D eigenvalue weighted by Gasteiger charge is -2.28. The molecule has 3 aromatic rings. The lowest BCUT2D eigenvalue weighted by Crippen LogP contribution is -2.36. The molecule has 0 saturated carbocycles. The molecule has 1 aliphatic rings. The summed E-state index contributed by atoms with van der Waals surface area (Å²) in [5.41, 5.74) is 3.16. The normalized spacial score (nSPS) is 15.2. The molecule has 1 heterocycles. The molecule has 172 valence electrons. The fourth-order valence-electron chi connectivity index (χ4n) is 4.10. The Balaban J connectivity index is 1.41. The minimum atomic E-state index is -3.73. The van der Waals surface area contributed by atoms with Gasteiger partial charge in [0.1, 0.15) is 0 Å². The zero-order chi connectivity index (χ0) is 23.3. The maximum atomic E-state index is 12.8. The molecule has 0 spiro atoms. The number of nitrogens with zero attached hydrogens (tertiary/aromatic N) is 1. The summed E-state index contributed by atoms with van der Waals surface area (Å²) in [6.45, 7) is 4.49. The number of carbonyl (C=O) groups excluding carboxylic acids is 1. The Morgan fingerprint density at radius 1 is 0.909 bits per heavy atom. The number of rotatable bonds is 8. The summed E-state index contributed by atoms with van der Waals surface area (Å²) >= 11 is 0. The number of hydrogen-bond donors (Lipinski definition) is 2. The van der Waals surface area contributed by atoms with Crippen molar-refractivity contribution in [1.82, 2.24) is 10.2 Å². The summed E-state index contributed by atoms with van der Waals surface area (Å²) in [5, 5.41) is 3.03. The van der Waals surface area contributed by atoms with Gasteiger partial charge in [-0.3, -0.25) is 14.4 Å². The lowest BCUT2D eigenvalue weighted by molar-refractivity contribution is 0.0938. The molecule has 0 radical (unpaired) electrons. The summed E-state index contributed by atoms with van der Waals surface area (Å²) in [5.74, 6) is -0.217. The van der Waals surface area contributed by atoms with Crippen molar-refractivity contribution in [2.45, 2.75) is 30.7 Å². The van der Waals surface area contributed by atoms with Crippen LogP contribution in [0.15, 0.2) is 83.8 Å². The molecule has 0 bridgehead atoms. The highest BCUT2D eigenvalue weighted by molar-refractivity contribution is 7.92. The van der Waals surface area contributed by atoms with Crippen molar-refractivity contribution in [3.8, 4) is 0 Å². The SMILES string of the molecule is Cc1ccc(NS(=O)(=O)c2ccc(C(=O)NCC(c3ccccc3)N3CCCC3)cc2)cc1. The van der Waals surface area contributed by atoms with Crippen LogP contribution >= 0.6 is 0 Å². The van der Waals surface area contributed by atoms with Gasteiger partial charge in [-0.1, -0.05) is 48.0 Å². The van der Waals surface area contributed by atoms with E-state index in [1.807, 2.05) is 37.3 Å². The summed E-state index contributed by atoms with van der Waals surface area (Å²) in [7, 11) is -3.73. The molecular weight excluding hydrogens is 434 g/mol. The number of benzene rings is 3. The maximum absolute atomic E-state index is 12.8. The van der Waals surface area contributed by atoms with Gasteiger partial charge >= 0.3 is 0 Å². The minimum Gasteiger partial charge on any atom is -0.350 e. The summed E-state index contributed by atoms with van der Waals surface area (Å²) < 4.78 is 27.9.